The molecule has 12 heteroatoms. The lowest BCUT2D eigenvalue weighted by atomic mass is 10.0. The molecule has 39 heavy (non-hydrogen) atoms. The summed E-state index contributed by atoms with van der Waals surface area (Å²) in [5.41, 5.74) is 1.07. The smallest absolute Gasteiger partial charge is 0.352 e. The Bertz CT molecular complexity index is 1500. The first-order valence-corrected chi connectivity index (χ1v) is 11.2. The molecular formula is C27H19F5O7. The van der Waals surface area contributed by atoms with Crippen LogP contribution in [0.25, 0.3) is 6.08 Å². The van der Waals surface area contributed by atoms with Gasteiger partial charge in [0.05, 0.1) is 19.8 Å². The lowest BCUT2D eigenvalue weighted by Crippen LogP contribution is -2.29. The van der Waals surface area contributed by atoms with Crippen molar-refractivity contribution in [1.29, 1.82) is 0 Å². The zero-order valence-electron chi connectivity index (χ0n) is 20.8. The minimum atomic E-state index is -2.37. The Morgan fingerprint density at radius 3 is 2.15 bits per heavy atom. The van der Waals surface area contributed by atoms with E-state index in [-0.39, 0.29) is 22.8 Å². The van der Waals surface area contributed by atoms with Crippen LogP contribution in [0.1, 0.15) is 28.4 Å². The third kappa shape index (κ3) is 5.09. The SMILES string of the molecule is COc1ccc(OC)c(/C=C2\Oc3cc(OC(=O)C(C)Oc4c(F)c(F)c(F)c(F)c4F)cc(C)c3C2=O)c1. The number of carbonyl (C=O) groups is 2. The summed E-state index contributed by atoms with van der Waals surface area (Å²) in [7, 11) is 2.93. The molecule has 0 bridgehead atoms. The lowest BCUT2D eigenvalue weighted by Gasteiger charge is -2.16. The van der Waals surface area contributed by atoms with E-state index < -0.39 is 52.7 Å². The first-order valence-electron chi connectivity index (χ1n) is 11.2. The van der Waals surface area contributed by atoms with Crippen LogP contribution in [0.3, 0.4) is 0 Å². The van der Waals surface area contributed by atoms with Crippen LogP contribution in [0.15, 0.2) is 36.1 Å². The minimum absolute atomic E-state index is 0.0499. The Hall–Kier alpha value is -4.61. The summed E-state index contributed by atoms with van der Waals surface area (Å²) < 4.78 is 94.0. The van der Waals surface area contributed by atoms with Gasteiger partial charge >= 0.3 is 5.97 Å². The van der Waals surface area contributed by atoms with Crippen LogP contribution in [0, 0.1) is 36.0 Å². The summed E-state index contributed by atoms with van der Waals surface area (Å²) in [5, 5.41) is 0. The number of halogens is 5. The van der Waals surface area contributed by atoms with Crippen molar-refractivity contribution in [2.75, 3.05) is 14.2 Å². The van der Waals surface area contributed by atoms with Gasteiger partial charge in [0.1, 0.15) is 23.0 Å². The van der Waals surface area contributed by atoms with Crippen LogP contribution in [-0.4, -0.2) is 32.1 Å². The molecule has 0 aromatic heterocycles. The molecule has 0 radical (unpaired) electrons. The molecule has 0 fully saturated rings. The number of Topliss-reactive ketones (excluding diaryl/α,β-unsaturated/α-hetero) is 1. The van der Waals surface area contributed by atoms with E-state index in [0.29, 0.717) is 22.6 Å². The monoisotopic (exact) mass is 550 g/mol. The van der Waals surface area contributed by atoms with Gasteiger partial charge in [-0.2, -0.15) is 8.78 Å². The van der Waals surface area contributed by atoms with E-state index in [1.807, 2.05) is 0 Å². The molecule has 3 aromatic rings. The molecule has 1 heterocycles. The maximum absolute atomic E-state index is 13.9. The van der Waals surface area contributed by atoms with Crippen LogP contribution in [0.5, 0.6) is 28.7 Å². The van der Waals surface area contributed by atoms with Crippen molar-refractivity contribution in [3.63, 3.8) is 0 Å². The van der Waals surface area contributed by atoms with Crippen LogP contribution in [0.4, 0.5) is 22.0 Å². The lowest BCUT2D eigenvalue weighted by molar-refractivity contribution is -0.141. The Morgan fingerprint density at radius 1 is 0.897 bits per heavy atom. The first-order chi connectivity index (χ1) is 18.5. The minimum Gasteiger partial charge on any atom is -0.497 e. The number of allylic oxidation sites excluding steroid dienone is 1. The number of hydrogen-bond donors (Lipinski definition) is 0. The van der Waals surface area contributed by atoms with Gasteiger partial charge in [0.2, 0.25) is 34.9 Å². The summed E-state index contributed by atoms with van der Waals surface area (Å²) in [4.78, 5) is 25.5. The summed E-state index contributed by atoms with van der Waals surface area (Å²) >= 11 is 0. The topological polar surface area (TPSA) is 80.3 Å². The Balaban J connectivity index is 1.56. The molecule has 0 aliphatic carbocycles. The fourth-order valence-electron chi connectivity index (χ4n) is 3.74. The third-order valence-corrected chi connectivity index (χ3v) is 5.68. The van der Waals surface area contributed by atoms with Crippen molar-refractivity contribution in [1.82, 2.24) is 0 Å². The van der Waals surface area contributed by atoms with Gasteiger partial charge < -0.3 is 23.7 Å². The molecule has 4 rings (SSSR count). The van der Waals surface area contributed by atoms with Gasteiger partial charge in [-0.25, -0.2) is 18.0 Å². The maximum Gasteiger partial charge on any atom is 0.352 e. The van der Waals surface area contributed by atoms with Gasteiger partial charge in [0, 0.05) is 11.6 Å². The van der Waals surface area contributed by atoms with Crippen LogP contribution >= 0.6 is 0 Å². The molecule has 3 aromatic carbocycles. The molecule has 1 aliphatic heterocycles. The molecule has 0 N–H and O–H groups in total. The predicted molar refractivity (Wildman–Crippen MR) is 126 cm³/mol. The number of ether oxygens (including phenoxy) is 5. The van der Waals surface area contributed by atoms with Crippen molar-refractivity contribution < 1.29 is 55.2 Å². The quantitative estimate of drug-likeness (QED) is 0.0933. The van der Waals surface area contributed by atoms with E-state index in [1.54, 1.807) is 25.1 Å². The van der Waals surface area contributed by atoms with Gasteiger partial charge in [-0.05, 0) is 49.8 Å². The van der Waals surface area contributed by atoms with Gasteiger partial charge in [0.25, 0.3) is 0 Å². The highest BCUT2D eigenvalue weighted by Crippen LogP contribution is 2.39. The van der Waals surface area contributed by atoms with Gasteiger partial charge in [-0.3, -0.25) is 4.79 Å². The van der Waals surface area contributed by atoms with E-state index in [0.717, 1.165) is 6.92 Å². The average molecular weight is 550 g/mol. The van der Waals surface area contributed by atoms with E-state index in [4.69, 9.17) is 23.7 Å². The van der Waals surface area contributed by atoms with Crippen molar-refractivity contribution in [3.05, 3.63) is 81.9 Å². The fraction of sp³-hybridized carbons (Fsp3) is 0.185. The van der Waals surface area contributed by atoms with Crippen LogP contribution < -0.4 is 23.7 Å². The fourth-order valence-corrected chi connectivity index (χ4v) is 3.74. The number of hydrogen-bond acceptors (Lipinski definition) is 7. The van der Waals surface area contributed by atoms with E-state index >= 15 is 0 Å². The molecule has 0 spiro atoms. The zero-order valence-corrected chi connectivity index (χ0v) is 20.8. The Morgan fingerprint density at radius 2 is 1.54 bits per heavy atom. The van der Waals surface area contributed by atoms with Gasteiger partial charge in [-0.15, -0.1) is 0 Å². The van der Waals surface area contributed by atoms with Crippen molar-refractivity contribution >= 4 is 17.8 Å². The number of benzene rings is 3. The second kappa shape index (κ2) is 10.6. The highest BCUT2D eigenvalue weighted by Gasteiger charge is 2.32. The molecule has 0 saturated heterocycles. The molecule has 0 amide bonds. The number of carbonyl (C=O) groups excluding carboxylic acids is 2. The molecule has 204 valence electrons. The highest BCUT2D eigenvalue weighted by atomic mass is 19.2. The molecular weight excluding hydrogens is 531 g/mol. The highest BCUT2D eigenvalue weighted by molar-refractivity contribution is 6.15. The molecule has 1 atom stereocenters. The largest absolute Gasteiger partial charge is 0.497 e. The molecule has 7 nitrogen and oxygen atoms in total. The maximum atomic E-state index is 13.9. The van der Waals surface area contributed by atoms with Crippen molar-refractivity contribution in [3.8, 4) is 28.7 Å². The zero-order chi connectivity index (χ0) is 28.6. The Kier molecular flexibility index (Phi) is 7.48. The number of ketones is 1. The molecule has 1 unspecified atom stereocenters. The molecule has 0 saturated carbocycles. The van der Waals surface area contributed by atoms with Crippen molar-refractivity contribution in [2.45, 2.75) is 20.0 Å². The Labute approximate surface area is 218 Å². The molecule has 1 aliphatic rings. The number of fused-ring (bicyclic) bond motifs is 1. The van der Waals surface area contributed by atoms with Crippen molar-refractivity contribution in [2.24, 2.45) is 0 Å². The third-order valence-electron chi connectivity index (χ3n) is 5.68. The second-order valence-corrected chi connectivity index (χ2v) is 8.24. The van der Waals surface area contributed by atoms with Crippen LogP contribution in [-0.2, 0) is 4.79 Å². The first kappa shape index (κ1) is 27.4. The van der Waals surface area contributed by atoms with Crippen LogP contribution in [0.2, 0.25) is 0 Å². The number of rotatable bonds is 7. The standard InChI is InChI=1S/C27H19F5O7/c1-11-7-15(38-27(34)12(2)37-26-23(31)21(29)20(28)22(30)24(26)32)10-17-19(11)25(33)18(39-17)9-13-8-14(35-3)5-6-16(13)36-4/h5-10,12H,1-4H3/b18-9-. The number of methoxy groups -OCH3 is 2. The van der Waals surface area contributed by atoms with Gasteiger partial charge in [-0.1, -0.05) is 0 Å². The normalized spacial score (nSPS) is 14.1. The predicted octanol–water partition coefficient (Wildman–Crippen LogP) is 5.70. The van der Waals surface area contributed by atoms with E-state index in [1.165, 1.54) is 32.4 Å². The summed E-state index contributed by atoms with van der Waals surface area (Å²) in [5.74, 6) is -13.8. The average Bonchev–Trinajstić information content (AvgIpc) is 3.23. The van der Waals surface area contributed by atoms with E-state index in [9.17, 15) is 31.5 Å². The second-order valence-electron chi connectivity index (χ2n) is 8.24. The number of aryl methyl sites for hydroxylation is 1. The summed E-state index contributed by atoms with van der Waals surface area (Å²) in [6.07, 6.45) is -0.334. The number of esters is 1. The van der Waals surface area contributed by atoms with E-state index in [2.05, 4.69) is 0 Å². The van der Waals surface area contributed by atoms with Gasteiger partial charge in [0.15, 0.2) is 17.6 Å². The summed E-state index contributed by atoms with van der Waals surface area (Å²) in [6, 6.07) is 7.52. The summed E-state index contributed by atoms with van der Waals surface area (Å²) in [6.45, 7) is 2.55.